The highest BCUT2D eigenvalue weighted by molar-refractivity contribution is 6.23. The largest absolute Gasteiger partial charge is 0.459 e. The molecule has 0 aromatic carbocycles. The number of halogens is 1. The Morgan fingerprint density at radius 1 is 1.07 bits per heavy atom. The first-order valence-electron chi connectivity index (χ1n) is 13.4. The maximum Gasteiger partial charge on any atom is 0.312 e. The monoisotopic (exact) mass is 584 g/mol. The molecule has 12 atom stereocenters. The number of allylic oxidation sites excluding steroid dienone is 1. The second-order valence-electron chi connectivity index (χ2n) is 11.6. The topological polar surface area (TPSA) is 158 Å². The van der Waals surface area contributed by atoms with Crippen LogP contribution in [0.3, 0.4) is 0 Å². The Labute approximate surface area is 237 Å². The predicted octanol–water partition coefficient (Wildman–Crippen LogP) is 1.74. The highest BCUT2D eigenvalue weighted by Crippen LogP contribution is 2.63. The fourth-order valence-electron chi connectivity index (χ4n) is 6.85. The minimum atomic E-state index is -2.29. The van der Waals surface area contributed by atoms with E-state index in [1.807, 2.05) is 6.92 Å². The molecule has 0 bridgehead atoms. The van der Waals surface area contributed by atoms with Crippen LogP contribution in [0.1, 0.15) is 54.4 Å². The number of carbonyl (C=O) groups is 4. The highest BCUT2D eigenvalue weighted by atomic mass is 35.5. The minimum Gasteiger partial charge on any atom is -0.459 e. The van der Waals surface area contributed by atoms with E-state index in [1.165, 1.54) is 26.8 Å². The molecule has 2 aliphatic carbocycles. The summed E-state index contributed by atoms with van der Waals surface area (Å²) in [5.41, 5.74) is -5.50. The first-order chi connectivity index (χ1) is 18.5. The number of alkyl halides is 1. The predicted molar refractivity (Wildman–Crippen MR) is 139 cm³/mol. The van der Waals surface area contributed by atoms with Crippen molar-refractivity contribution in [2.75, 3.05) is 0 Å². The van der Waals surface area contributed by atoms with E-state index >= 15 is 0 Å². The summed E-state index contributed by atoms with van der Waals surface area (Å²) < 4.78 is 28.8. The van der Waals surface area contributed by atoms with E-state index in [0.29, 0.717) is 6.42 Å². The number of hydrogen-bond donors (Lipinski definition) is 2. The van der Waals surface area contributed by atoms with Crippen molar-refractivity contribution in [2.45, 2.75) is 108 Å². The molecule has 0 aromatic heterocycles. The van der Waals surface area contributed by atoms with Crippen molar-refractivity contribution >= 4 is 35.5 Å². The molecule has 0 aromatic rings. The number of fused-ring (bicyclic) bond motifs is 4. The van der Waals surface area contributed by atoms with E-state index in [-0.39, 0.29) is 12.0 Å². The van der Waals surface area contributed by atoms with Crippen LogP contribution in [-0.4, -0.2) is 87.3 Å². The zero-order valence-corrected chi connectivity index (χ0v) is 24.2. The Balaban J connectivity index is 2.03. The Hall–Kier alpha value is -2.47. The van der Waals surface area contributed by atoms with Gasteiger partial charge in [-0.2, -0.15) is 0 Å². The van der Waals surface area contributed by atoms with E-state index in [9.17, 15) is 29.4 Å². The SMILES string of the molecule is C=C1/C=C\[C@H](OC(=O)CCC)[C@@]2(C)[C@H]3O[C@H]3[C@@H](OC(C)=O)[C@@](C)(O)[C@@H]2[C@@H](OC(C)=O)[C@]2(O)[C@@H](C)C(=O)O[C@H]2[C@H]1Cl. The first-order valence-corrected chi connectivity index (χ1v) is 13.8. The van der Waals surface area contributed by atoms with E-state index < -0.39 is 94.3 Å². The van der Waals surface area contributed by atoms with Gasteiger partial charge in [0.2, 0.25) is 0 Å². The summed E-state index contributed by atoms with van der Waals surface area (Å²) in [5, 5.41) is 23.5. The molecule has 2 aliphatic heterocycles. The molecule has 4 rings (SSSR count). The van der Waals surface area contributed by atoms with Gasteiger partial charge in [0.05, 0.1) is 17.4 Å². The maximum atomic E-state index is 12.9. The van der Waals surface area contributed by atoms with Gasteiger partial charge in [-0.3, -0.25) is 19.2 Å². The lowest BCUT2D eigenvalue weighted by atomic mass is 9.52. The molecule has 0 radical (unpaired) electrons. The standard InChI is InChI=1S/C28H37ClO11/c1-8-9-17(32)38-16-11-10-12(2)18(29)21-28(35,13(3)25(33)40-21)24(37-15(5)31)20-26(16,6)22-19(39-22)23(27(20,7)34)36-14(4)30/h10-11,13,16,18-24,34-35H,2,8-9H2,1,3-7H3/b11-10-/t13-,16-,18-,19+,20+,21-,22-,23+,24+,26+,27-,28-/m0/s1. The molecule has 0 spiro atoms. The molecule has 2 heterocycles. The molecule has 12 heteroatoms. The molecule has 40 heavy (non-hydrogen) atoms. The Morgan fingerprint density at radius 2 is 1.68 bits per heavy atom. The van der Waals surface area contributed by atoms with Crippen LogP contribution in [0.15, 0.2) is 24.3 Å². The molecule has 3 fully saturated rings. The van der Waals surface area contributed by atoms with Crippen molar-refractivity contribution < 1.29 is 53.1 Å². The zero-order valence-electron chi connectivity index (χ0n) is 23.4. The van der Waals surface area contributed by atoms with Crippen LogP contribution in [0.2, 0.25) is 0 Å². The Bertz CT molecular complexity index is 1130. The summed E-state index contributed by atoms with van der Waals surface area (Å²) in [4.78, 5) is 50.5. The second-order valence-corrected chi connectivity index (χ2v) is 12.1. The molecule has 2 N–H and O–H groups in total. The number of carbonyl (C=O) groups excluding carboxylic acids is 4. The van der Waals surface area contributed by atoms with Crippen LogP contribution in [-0.2, 0) is 42.9 Å². The summed E-state index contributed by atoms with van der Waals surface area (Å²) in [6.45, 7) is 12.5. The fraction of sp³-hybridized carbons (Fsp3) is 0.714. The van der Waals surface area contributed by atoms with Gasteiger partial charge in [-0.15, -0.1) is 11.6 Å². The number of esters is 4. The number of hydrogen-bond acceptors (Lipinski definition) is 11. The van der Waals surface area contributed by atoms with Gasteiger partial charge >= 0.3 is 23.9 Å². The third kappa shape index (κ3) is 4.64. The van der Waals surface area contributed by atoms with E-state index in [1.54, 1.807) is 13.0 Å². The lowest BCUT2D eigenvalue weighted by Crippen LogP contribution is -2.73. The average molecular weight is 585 g/mol. The second kappa shape index (κ2) is 10.4. The van der Waals surface area contributed by atoms with E-state index in [0.717, 1.165) is 6.92 Å². The first kappa shape index (κ1) is 30.5. The van der Waals surface area contributed by atoms with Crippen LogP contribution < -0.4 is 0 Å². The molecule has 222 valence electrons. The zero-order chi connectivity index (χ0) is 29.9. The molecular formula is C28H37ClO11. The molecule has 0 amide bonds. The van der Waals surface area contributed by atoms with E-state index in [4.69, 9.17) is 35.3 Å². The fourth-order valence-corrected chi connectivity index (χ4v) is 7.18. The molecule has 4 aliphatic rings. The molecule has 2 saturated heterocycles. The third-order valence-electron chi connectivity index (χ3n) is 8.83. The Morgan fingerprint density at radius 3 is 2.25 bits per heavy atom. The molecule has 0 unspecified atom stereocenters. The minimum absolute atomic E-state index is 0.102. The summed E-state index contributed by atoms with van der Waals surface area (Å²) in [5.74, 6) is -5.48. The van der Waals surface area contributed by atoms with Crippen LogP contribution >= 0.6 is 11.6 Å². The third-order valence-corrected chi connectivity index (χ3v) is 9.34. The van der Waals surface area contributed by atoms with Crippen molar-refractivity contribution in [1.82, 2.24) is 0 Å². The van der Waals surface area contributed by atoms with Gasteiger partial charge in [0.1, 0.15) is 23.9 Å². The van der Waals surface area contributed by atoms with Gasteiger partial charge in [-0.1, -0.05) is 26.5 Å². The molecule has 1 saturated carbocycles. The van der Waals surface area contributed by atoms with Gasteiger partial charge in [0, 0.05) is 31.6 Å². The number of epoxide rings is 1. The van der Waals surface area contributed by atoms with Crippen molar-refractivity contribution in [2.24, 2.45) is 17.3 Å². The summed E-state index contributed by atoms with van der Waals surface area (Å²) in [6, 6.07) is 0. The van der Waals surface area contributed by atoms with Crippen molar-refractivity contribution in [3.05, 3.63) is 24.3 Å². The van der Waals surface area contributed by atoms with Crippen molar-refractivity contribution in [3.63, 3.8) is 0 Å². The van der Waals surface area contributed by atoms with Crippen molar-refractivity contribution in [3.8, 4) is 0 Å². The molecule has 11 nitrogen and oxygen atoms in total. The maximum absolute atomic E-state index is 12.9. The van der Waals surface area contributed by atoms with Gasteiger partial charge in [-0.25, -0.2) is 0 Å². The number of aliphatic hydroxyl groups is 2. The van der Waals surface area contributed by atoms with Gasteiger partial charge in [-0.05, 0) is 31.9 Å². The average Bonchev–Trinajstić information content (AvgIpc) is 3.62. The van der Waals surface area contributed by atoms with Gasteiger partial charge < -0.3 is 33.9 Å². The Kier molecular flexibility index (Phi) is 7.94. The lowest BCUT2D eigenvalue weighted by Gasteiger charge is -2.57. The normalized spacial score (nSPS) is 46.6. The number of rotatable bonds is 5. The van der Waals surface area contributed by atoms with Crippen LogP contribution in [0.25, 0.3) is 0 Å². The summed E-state index contributed by atoms with van der Waals surface area (Å²) in [6.07, 6.45) is -3.37. The molecular weight excluding hydrogens is 548 g/mol. The summed E-state index contributed by atoms with van der Waals surface area (Å²) in [7, 11) is 0. The van der Waals surface area contributed by atoms with Gasteiger partial charge in [0.15, 0.2) is 17.8 Å². The van der Waals surface area contributed by atoms with Gasteiger partial charge in [0.25, 0.3) is 0 Å². The highest BCUT2D eigenvalue weighted by Gasteiger charge is 2.79. The summed E-state index contributed by atoms with van der Waals surface area (Å²) >= 11 is 6.72. The quantitative estimate of drug-likeness (QED) is 0.210. The number of ether oxygens (including phenoxy) is 5. The van der Waals surface area contributed by atoms with Crippen LogP contribution in [0.4, 0.5) is 0 Å². The lowest BCUT2D eigenvalue weighted by molar-refractivity contribution is -0.258. The smallest absolute Gasteiger partial charge is 0.312 e. The van der Waals surface area contributed by atoms with Crippen LogP contribution in [0.5, 0.6) is 0 Å². The van der Waals surface area contributed by atoms with Crippen molar-refractivity contribution in [1.29, 1.82) is 0 Å². The van der Waals surface area contributed by atoms with Crippen LogP contribution in [0, 0.1) is 17.3 Å². The van der Waals surface area contributed by atoms with E-state index in [2.05, 4.69) is 6.58 Å².